The smallest absolute Gasteiger partial charge is 0.217 e. The molecular formula is C8H15NO5. The Bertz CT molecular complexity index is 222. The first kappa shape index (κ1) is 11.4. The minimum atomic E-state index is -1.30. The fraction of sp³-hybridized carbons (Fsp3) is 0.875. The van der Waals surface area contributed by atoms with Gasteiger partial charge in [-0.05, 0) is 6.92 Å². The molecule has 6 nitrogen and oxygen atoms in total. The summed E-state index contributed by atoms with van der Waals surface area (Å²) in [7, 11) is 0. The van der Waals surface area contributed by atoms with E-state index < -0.39 is 36.6 Å². The topological polar surface area (TPSA) is 99.0 Å². The summed E-state index contributed by atoms with van der Waals surface area (Å²) in [4.78, 5) is 10.7. The van der Waals surface area contributed by atoms with Gasteiger partial charge >= 0.3 is 0 Å². The predicted molar refractivity (Wildman–Crippen MR) is 46.2 cm³/mol. The van der Waals surface area contributed by atoms with Gasteiger partial charge in [-0.25, -0.2) is 0 Å². The maximum atomic E-state index is 10.7. The largest absolute Gasteiger partial charge is 0.388 e. The lowest BCUT2D eigenvalue weighted by atomic mass is 9.98. The molecular weight excluding hydrogens is 190 g/mol. The molecule has 1 saturated heterocycles. The third-order valence-electron chi connectivity index (χ3n) is 2.23. The summed E-state index contributed by atoms with van der Waals surface area (Å²) in [5, 5.41) is 30.6. The molecule has 1 heterocycles. The number of aliphatic hydroxyl groups is 3. The Balaban J connectivity index is 2.68. The van der Waals surface area contributed by atoms with Crippen molar-refractivity contribution in [2.75, 3.05) is 0 Å². The minimum Gasteiger partial charge on any atom is -0.388 e. The van der Waals surface area contributed by atoms with Crippen LogP contribution in [0.1, 0.15) is 13.8 Å². The van der Waals surface area contributed by atoms with Crippen molar-refractivity contribution in [1.29, 1.82) is 0 Å². The number of amides is 1. The fourth-order valence-corrected chi connectivity index (χ4v) is 1.44. The fourth-order valence-electron chi connectivity index (χ4n) is 1.44. The van der Waals surface area contributed by atoms with E-state index in [0.29, 0.717) is 0 Å². The third kappa shape index (κ3) is 2.21. The Labute approximate surface area is 81.5 Å². The number of carbonyl (C=O) groups excluding carboxylic acids is 1. The first-order chi connectivity index (χ1) is 6.43. The Morgan fingerprint density at radius 3 is 2.36 bits per heavy atom. The summed E-state index contributed by atoms with van der Waals surface area (Å²) in [6.45, 7) is 2.78. The van der Waals surface area contributed by atoms with E-state index >= 15 is 0 Å². The van der Waals surface area contributed by atoms with E-state index in [9.17, 15) is 20.1 Å². The second kappa shape index (κ2) is 4.22. The van der Waals surface area contributed by atoms with Crippen molar-refractivity contribution in [3.8, 4) is 0 Å². The van der Waals surface area contributed by atoms with Crippen LogP contribution >= 0.6 is 0 Å². The SMILES string of the molecule is CC(=O)NC1[C@@H](O)[C@H](O)C(C)O[C@@H]1O. The number of aliphatic hydroxyl groups excluding tert-OH is 3. The van der Waals surface area contributed by atoms with Gasteiger partial charge in [-0.3, -0.25) is 4.79 Å². The van der Waals surface area contributed by atoms with Gasteiger partial charge in [-0.2, -0.15) is 0 Å². The average molecular weight is 205 g/mol. The molecule has 82 valence electrons. The van der Waals surface area contributed by atoms with Crippen LogP contribution in [0.5, 0.6) is 0 Å². The Kier molecular flexibility index (Phi) is 3.43. The van der Waals surface area contributed by atoms with Gasteiger partial charge in [0.05, 0.1) is 6.10 Å². The van der Waals surface area contributed by atoms with E-state index in [4.69, 9.17) is 4.74 Å². The molecule has 1 rings (SSSR count). The lowest BCUT2D eigenvalue weighted by Gasteiger charge is -2.39. The van der Waals surface area contributed by atoms with Gasteiger partial charge in [0.1, 0.15) is 18.2 Å². The summed E-state index contributed by atoms with van der Waals surface area (Å²) in [6, 6.07) is -0.987. The second-order valence-electron chi connectivity index (χ2n) is 3.44. The molecule has 2 unspecified atom stereocenters. The van der Waals surface area contributed by atoms with Crippen LogP contribution in [0.4, 0.5) is 0 Å². The number of ether oxygens (including phenoxy) is 1. The average Bonchev–Trinajstić information content (AvgIpc) is 2.09. The van der Waals surface area contributed by atoms with Crippen molar-refractivity contribution in [1.82, 2.24) is 5.32 Å². The van der Waals surface area contributed by atoms with E-state index in [2.05, 4.69) is 5.32 Å². The molecule has 0 spiro atoms. The van der Waals surface area contributed by atoms with Gasteiger partial charge in [-0.1, -0.05) is 0 Å². The lowest BCUT2D eigenvalue weighted by Crippen LogP contribution is -2.62. The van der Waals surface area contributed by atoms with Crippen molar-refractivity contribution in [3.05, 3.63) is 0 Å². The summed E-state index contributed by atoms with van der Waals surface area (Å²) in [5.41, 5.74) is 0. The first-order valence-corrected chi connectivity index (χ1v) is 4.40. The van der Waals surface area contributed by atoms with E-state index in [1.165, 1.54) is 13.8 Å². The van der Waals surface area contributed by atoms with Crippen LogP contribution < -0.4 is 5.32 Å². The zero-order valence-corrected chi connectivity index (χ0v) is 8.04. The van der Waals surface area contributed by atoms with Gasteiger partial charge in [0.15, 0.2) is 6.29 Å². The van der Waals surface area contributed by atoms with E-state index in [-0.39, 0.29) is 0 Å². The highest BCUT2D eigenvalue weighted by Crippen LogP contribution is 2.19. The molecule has 1 aliphatic rings. The molecule has 1 aliphatic heterocycles. The Morgan fingerprint density at radius 2 is 1.86 bits per heavy atom. The molecule has 5 atom stereocenters. The van der Waals surface area contributed by atoms with E-state index in [1.807, 2.05) is 0 Å². The number of hydrogen-bond donors (Lipinski definition) is 4. The van der Waals surface area contributed by atoms with Gasteiger partial charge in [0, 0.05) is 6.92 Å². The monoisotopic (exact) mass is 205 g/mol. The number of carbonyl (C=O) groups is 1. The van der Waals surface area contributed by atoms with Crippen molar-refractivity contribution in [2.24, 2.45) is 0 Å². The van der Waals surface area contributed by atoms with Crippen LogP contribution in [-0.4, -0.2) is 51.9 Å². The minimum absolute atomic E-state index is 0.404. The van der Waals surface area contributed by atoms with Crippen LogP contribution in [-0.2, 0) is 9.53 Å². The molecule has 0 radical (unpaired) electrons. The lowest BCUT2D eigenvalue weighted by molar-refractivity contribution is -0.242. The molecule has 0 bridgehead atoms. The highest BCUT2D eigenvalue weighted by Gasteiger charge is 2.42. The van der Waals surface area contributed by atoms with Crippen molar-refractivity contribution in [3.63, 3.8) is 0 Å². The van der Waals surface area contributed by atoms with E-state index in [1.54, 1.807) is 0 Å². The Morgan fingerprint density at radius 1 is 1.29 bits per heavy atom. The van der Waals surface area contributed by atoms with Gasteiger partial charge in [0.2, 0.25) is 5.91 Å². The predicted octanol–water partition coefficient (Wildman–Crippen LogP) is -2.05. The molecule has 0 aromatic rings. The molecule has 0 aliphatic carbocycles. The number of nitrogens with one attached hydrogen (secondary N) is 1. The molecule has 0 aromatic heterocycles. The third-order valence-corrected chi connectivity index (χ3v) is 2.23. The molecule has 6 heteroatoms. The molecule has 4 N–H and O–H groups in total. The molecule has 1 amide bonds. The highest BCUT2D eigenvalue weighted by molar-refractivity contribution is 5.73. The summed E-state index contributed by atoms with van der Waals surface area (Å²) >= 11 is 0. The van der Waals surface area contributed by atoms with Crippen LogP contribution in [0, 0.1) is 0 Å². The number of hydrogen-bond acceptors (Lipinski definition) is 5. The van der Waals surface area contributed by atoms with Crippen LogP contribution in [0.15, 0.2) is 0 Å². The molecule has 1 fully saturated rings. The van der Waals surface area contributed by atoms with Gasteiger partial charge in [-0.15, -0.1) is 0 Å². The van der Waals surface area contributed by atoms with Crippen LogP contribution in [0.25, 0.3) is 0 Å². The van der Waals surface area contributed by atoms with Crippen molar-refractivity contribution < 1.29 is 24.9 Å². The summed E-state index contributed by atoms with van der Waals surface area (Å²) in [5.74, 6) is -0.404. The van der Waals surface area contributed by atoms with Crippen LogP contribution in [0.3, 0.4) is 0 Å². The molecule has 0 saturated carbocycles. The number of rotatable bonds is 1. The highest BCUT2D eigenvalue weighted by atomic mass is 16.6. The standard InChI is InChI=1S/C8H15NO5/c1-3-6(11)7(12)5(8(13)14-3)9-4(2)10/h3,5-8,11-13H,1-2H3,(H,9,10)/t3?,5?,6-,7-,8+/m1/s1. The Hall–Kier alpha value is -0.690. The molecule has 14 heavy (non-hydrogen) atoms. The van der Waals surface area contributed by atoms with Crippen molar-refractivity contribution in [2.45, 2.75) is 44.5 Å². The molecule has 0 aromatic carbocycles. The van der Waals surface area contributed by atoms with Crippen molar-refractivity contribution >= 4 is 5.91 Å². The van der Waals surface area contributed by atoms with Crippen LogP contribution in [0.2, 0.25) is 0 Å². The zero-order chi connectivity index (χ0) is 10.9. The maximum Gasteiger partial charge on any atom is 0.217 e. The zero-order valence-electron chi connectivity index (χ0n) is 8.04. The summed E-state index contributed by atoms with van der Waals surface area (Å²) in [6.07, 6.45) is -4.30. The maximum absolute atomic E-state index is 10.7. The second-order valence-corrected chi connectivity index (χ2v) is 3.44. The summed E-state index contributed by atoms with van der Waals surface area (Å²) < 4.78 is 4.91. The first-order valence-electron chi connectivity index (χ1n) is 4.40. The van der Waals surface area contributed by atoms with Gasteiger partial charge < -0.3 is 25.4 Å². The van der Waals surface area contributed by atoms with Gasteiger partial charge in [0.25, 0.3) is 0 Å². The quantitative estimate of drug-likeness (QED) is 0.395. The van der Waals surface area contributed by atoms with E-state index in [0.717, 1.165) is 0 Å². The normalized spacial score (nSPS) is 43.4.